The van der Waals surface area contributed by atoms with Crippen molar-refractivity contribution in [1.82, 2.24) is 0 Å². The Morgan fingerprint density at radius 1 is 0.765 bits per heavy atom. The molecule has 0 aliphatic heterocycles. The summed E-state index contributed by atoms with van der Waals surface area (Å²) in [5.74, 6) is 0. The second kappa shape index (κ2) is 3.46. The zero-order valence-corrected chi connectivity index (χ0v) is 9.41. The van der Waals surface area contributed by atoms with E-state index in [0.29, 0.717) is 0 Å². The molecule has 1 aromatic heterocycles. The van der Waals surface area contributed by atoms with Gasteiger partial charge >= 0.3 is 0 Å². The van der Waals surface area contributed by atoms with Gasteiger partial charge in [-0.1, -0.05) is 6.07 Å². The molecular formula is C13H6O3S. The van der Waals surface area contributed by atoms with Gasteiger partial charge in [-0.05, 0) is 40.1 Å². The highest BCUT2D eigenvalue weighted by Gasteiger charge is 2.12. The lowest BCUT2D eigenvalue weighted by Crippen LogP contribution is -2.29. The second-order valence-electron chi connectivity index (χ2n) is 3.76. The first-order chi connectivity index (χ1) is 8.18. The molecule has 3 aromatic rings. The molecule has 17 heavy (non-hydrogen) atoms. The fourth-order valence-corrected chi connectivity index (χ4v) is 2.55. The Bertz CT molecular complexity index is 837. The Labute approximate surface area is 99.3 Å². The van der Waals surface area contributed by atoms with Crippen molar-refractivity contribution in [2.75, 3.05) is 0 Å². The highest BCUT2D eigenvalue weighted by Crippen LogP contribution is 2.23. The van der Waals surface area contributed by atoms with Gasteiger partial charge in [-0.25, -0.2) is 0 Å². The van der Waals surface area contributed by atoms with E-state index in [1.165, 1.54) is 0 Å². The molecule has 0 unspecified atom stereocenters. The normalized spacial score (nSPS) is 11.1. The number of benzene rings is 1. The van der Waals surface area contributed by atoms with Crippen molar-refractivity contribution in [2.24, 2.45) is 0 Å². The largest absolute Gasteiger partial charge is 0.285 e. The van der Waals surface area contributed by atoms with E-state index in [9.17, 15) is 14.4 Å². The molecule has 0 amide bonds. The van der Waals surface area contributed by atoms with Crippen molar-refractivity contribution in [3.05, 3.63) is 65.7 Å². The van der Waals surface area contributed by atoms with Crippen LogP contribution >= 0.6 is 11.3 Å². The Morgan fingerprint density at radius 2 is 1.53 bits per heavy atom. The second-order valence-corrected chi connectivity index (χ2v) is 4.54. The summed E-state index contributed by atoms with van der Waals surface area (Å²) < 4.78 is 0. The molecule has 0 aliphatic rings. The Balaban J connectivity index is 2.42. The van der Waals surface area contributed by atoms with E-state index in [-0.39, 0.29) is 10.8 Å². The van der Waals surface area contributed by atoms with E-state index in [0.717, 1.165) is 11.1 Å². The van der Waals surface area contributed by atoms with Gasteiger partial charge in [0.1, 0.15) is 0 Å². The molecule has 4 heteroatoms. The lowest BCUT2D eigenvalue weighted by atomic mass is 10.1. The van der Waals surface area contributed by atoms with E-state index in [1.54, 1.807) is 29.5 Å². The predicted octanol–water partition coefficient (Wildman–Crippen LogP) is 1.52. The fourth-order valence-electron chi connectivity index (χ4n) is 1.89. The summed E-state index contributed by atoms with van der Waals surface area (Å²) in [7, 11) is 0. The molecule has 82 valence electrons. The number of hydrogen-bond acceptors (Lipinski definition) is 4. The number of thiophene rings is 1. The van der Waals surface area contributed by atoms with E-state index >= 15 is 0 Å². The summed E-state index contributed by atoms with van der Waals surface area (Å²) in [5, 5.41) is 4.33. The van der Waals surface area contributed by atoms with Crippen LogP contribution < -0.4 is 16.3 Å². The van der Waals surface area contributed by atoms with Crippen molar-refractivity contribution in [2.45, 2.75) is 0 Å². The molecule has 3 rings (SSSR count). The van der Waals surface area contributed by atoms with Crippen LogP contribution in [0.3, 0.4) is 0 Å². The van der Waals surface area contributed by atoms with Gasteiger partial charge in [-0.15, -0.1) is 0 Å². The molecule has 0 spiro atoms. The quantitative estimate of drug-likeness (QED) is 0.608. The predicted molar refractivity (Wildman–Crippen MR) is 68.4 cm³/mol. The minimum atomic E-state index is -0.928. The molecule has 0 saturated carbocycles. The Morgan fingerprint density at radius 3 is 2.24 bits per heavy atom. The van der Waals surface area contributed by atoms with Crippen LogP contribution in [0.2, 0.25) is 0 Å². The van der Waals surface area contributed by atoms with Crippen molar-refractivity contribution >= 4 is 22.1 Å². The monoisotopic (exact) mass is 242 g/mol. The molecular weight excluding hydrogens is 236 g/mol. The highest BCUT2D eigenvalue weighted by atomic mass is 32.1. The molecule has 2 aromatic carbocycles. The molecule has 0 N–H and O–H groups in total. The number of fused-ring (bicyclic) bond motifs is 1. The first-order valence-electron chi connectivity index (χ1n) is 4.98. The van der Waals surface area contributed by atoms with Crippen LogP contribution in [0.1, 0.15) is 0 Å². The summed E-state index contributed by atoms with van der Waals surface area (Å²) in [5.41, 5.74) is -0.482. The maximum Gasteiger partial charge on any atom is 0.273 e. The minimum absolute atomic E-state index is 0.221. The topological polar surface area (TPSA) is 51.2 Å². The summed E-state index contributed by atoms with van der Waals surface area (Å²) >= 11 is 1.55. The fraction of sp³-hybridized carbons (Fsp3) is 0. The molecule has 0 bridgehead atoms. The van der Waals surface area contributed by atoms with Crippen LogP contribution in [0.25, 0.3) is 21.9 Å². The third-order valence-electron chi connectivity index (χ3n) is 2.78. The average molecular weight is 242 g/mol. The van der Waals surface area contributed by atoms with Gasteiger partial charge < -0.3 is 0 Å². The van der Waals surface area contributed by atoms with Gasteiger partial charge in [-0.3, -0.25) is 14.4 Å². The number of rotatable bonds is 1. The molecule has 0 fully saturated rings. The third-order valence-corrected chi connectivity index (χ3v) is 3.46. The van der Waals surface area contributed by atoms with Crippen molar-refractivity contribution in [3.63, 3.8) is 0 Å². The standard InChI is InChI=1S/C13H6O3S/c14-11-9-2-1-7(8-3-4-17-6-8)5-10(9)12(15)13(11)16/h1-6H. The maximum atomic E-state index is 11.6. The first kappa shape index (κ1) is 10.1. The summed E-state index contributed by atoms with van der Waals surface area (Å²) in [6.07, 6.45) is 0. The lowest BCUT2D eigenvalue weighted by molar-refractivity contribution is 1.56. The lowest BCUT2D eigenvalue weighted by Gasteiger charge is -1.96. The Hall–Kier alpha value is -2.07. The Kier molecular flexibility index (Phi) is 2.06. The third kappa shape index (κ3) is 1.38. The van der Waals surface area contributed by atoms with Crippen LogP contribution in [-0.2, 0) is 0 Å². The van der Waals surface area contributed by atoms with Gasteiger partial charge in [-0.2, -0.15) is 11.3 Å². The molecule has 0 saturated heterocycles. The van der Waals surface area contributed by atoms with Crippen LogP contribution in [-0.4, -0.2) is 0 Å². The van der Waals surface area contributed by atoms with Gasteiger partial charge in [0.2, 0.25) is 10.9 Å². The van der Waals surface area contributed by atoms with E-state index in [1.807, 2.05) is 16.8 Å². The van der Waals surface area contributed by atoms with Crippen molar-refractivity contribution < 1.29 is 0 Å². The van der Waals surface area contributed by atoms with Gasteiger partial charge in [0.25, 0.3) is 5.43 Å². The van der Waals surface area contributed by atoms with E-state index < -0.39 is 16.3 Å². The average Bonchev–Trinajstić information content (AvgIpc) is 2.94. The maximum absolute atomic E-state index is 11.6. The summed E-state index contributed by atoms with van der Waals surface area (Å²) in [6.45, 7) is 0. The summed E-state index contributed by atoms with van der Waals surface area (Å²) in [4.78, 5) is 34.3. The molecule has 0 radical (unpaired) electrons. The van der Waals surface area contributed by atoms with Gasteiger partial charge in [0.05, 0.1) is 0 Å². The zero-order chi connectivity index (χ0) is 12.0. The van der Waals surface area contributed by atoms with Crippen LogP contribution in [0.4, 0.5) is 0 Å². The van der Waals surface area contributed by atoms with Crippen LogP contribution in [0, 0.1) is 0 Å². The SMILES string of the molecule is O=c1c(=O)c2ccc(-c3ccsc3)cc2c1=O. The zero-order valence-electron chi connectivity index (χ0n) is 8.60. The number of hydrogen-bond donors (Lipinski definition) is 0. The highest BCUT2D eigenvalue weighted by molar-refractivity contribution is 7.08. The molecule has 3 nitrogen and oxygen atoms in total. The summed E-state index contributed by atoms with van der Waals surface area (Å²) in [6, 6.07) is 6.84. The minimum Gasteiger partial charge on any atom is -0.285 e. The van der Waals surface area contributed by atoms with Crippen molar-refractivity contribution in [3.8, 4) is 11.1 Å². The smallest absolute Gasteiger partial charge is 0.273 e. The van der Waals surface area contributed by atoms with Crippen molar-refractivity contribution in [1.29, 1.82) is 0 Å². The van der Waals surface area contributed by atoms with E-state index in [2.05, 4.69) is 0 Å². The first-order valence-corrected chi connectivity index (χ1v) is 5.93. The molecule has 0 aliphatic carbocycles. The van der Waals surface area contributed by atoms with Gasteiger partial charge in [0, 0.05) is 10.8 Å². The molecule has 1 heterocycles. The van der Waals surface area contributed by atoms with Crippen LogP contribution in [0.15, 0.2) is 49.4 Å². The van der Waals surface area contributed by atoms with Crippen LogP contribution in [0.5, 0.6) is 0 Å². The van der Waals surface area contributed by atoms with E-state index in [4.69, 9.17) is 0 Å². The molecule has 0 atom stereocenters. The van der Waals surface area contributed by atoms with Gasteiger partial charge in [0.15, 0.2) is 0 Å².